The van der Waals surface area contributed by atoms with E-state index in [4.69, 9.17) is 4.74 Å². The summed E-state index contributed by atoms with van der Waals surface area (Å²) >= 11 is 0. The van der Waals surface area contributed by atoms with Gasteiger partial charge in [-0.3, -0.25) is 0 Å². The predicted molar refractivity (Wildman–Crippen MR) is 59.8 cm³/mol. The fourth-order valence-electron chi connectivity index (χ4n) is 2.00. The topological polar surface area (TPSA) is 12.5 Å². The van der Waals surface area contributed by atoms with Crippen molar-refractivity contribution in [3.05, 3.63) is 0 Å². The Morgan fingerprint density at radius 1 is 1.23 bits per heavy atom. The van der Waals surface area contributed by atoms with Crippen LogP contribution in [0.15, 0.2) is 0 Å². The lowest BCUT2D eigenvalue weighted by Gasteiger charge is -2.34. The molecule has 0 aromatic carbocycles. The normalized spacial score (nSPS) is 21.0. The Kier molecular flexibility index (Phi) is 3.95. The highest BCUT2D eigenvalue weighted by molar-refractivity contribution is 6.76. The summed E-state index contributed by atoms with van der Waals surface area (Å²) in [5.74, 6) is 0. The maximum absolute atomic E-state index is 5.36. The van der Waals surface area contributed by atoms with E-state index in [1.165, 1.54) is 19.0 Å². The van der Waals surface area contributed by atoms with Gasteiger partial charge in [0.2, 0.25) is 0 Å². The van der Waals surface area contributed by atoms with Crippen LogP contribution in [-0.4, -0.2) is 45.4 Å². The van der Waals surface area contributed by atoms with Crippen LogP contribution < -0.4 is 0 Å². The molecule has 0 atom stereocenters. The van der Waals surface area contributed by atoms with Crippen LogP contribution >= 0.6 is 0 Å². The summed E-state index contributed by atoms with van der Waals surface area (Å²) in [4.78, 5) is 2.55. The van der Waals surface area contributed by atoms with Crippen molar-refractivity contribution in [2.24, 2.45) is 0 Å². The Hall–Kier alpha value is 0.137. The number of hydrogen-bond acceptors (Lipinski definition) is 2. The molecule has 0 aliphatic carbocycles. The molecule has 1 heterocycles. The third kappa shape index (κ3) is 4.25. The van der Waals surface area contributed by atoms with E-state index in [1.54, 1.807) is 0 Å². The van der Waals surface area contributed by atoms with E-state index in [0.29, 0.717) is 0 Å². The van der Waals surface area contributed by atoms with Crippen molar-refractivity contribution in [3.8, 4) is 0 Å². The first kappa shape index (κ1) is 11.2. The Bertz CT molecular complexity index is 149. The van der Waals surface area contributed by atoms with Gasteiger partial charge in [-0.1, -0.05) is 19.6 Å². The minimum absolute atomic E-state index is 0.778. The molecule has 3 heteroatoms. The summed E-state index contributed by atoms with van der Waals surface area (Å²) in [6, 6.07) is 0.778. The molecule has 1 saturated heterocycles. The molecule has 0 unspecified atom stereocenters. The zero-order valence-electron chi connectivity index (χ0n) is 9.47. The average Bonchev–Trinajstić information content (AvgIpc) is 2.03. The van der Waals surface area contributed by atoms with Gasteiger partial charge in [-0.2, -0.15) is 0 Å². The first-order chi connectivity index (χ1) is 5.99. The minimum Gasteiger partial charge on any atom is -0.381 e. The van der Waals surface area contributed by atoms with Gasteiger partial charge >= 0.3 is 0 Å². The number of rotatable bonds is 3. The van der Waals surface area contributed by atoms with E-state index < -0.39 is 8.07 Å². The molecule has 78 valence electrons. The maximum atomic E-state index is 5.36. The third-order valence-corrected chi connectivity index (χ3v) is 3.99. The second-order valence-electron chi connectivity index (χ2n) is 5.32. The maximum Gasteiger partial charge on any atom is 0.0599 e. The van der Waals surface area contributed by atoms with Crippen molar-refractivity contribution in [3.63, 3.8) is 0 Å². The van der Waals surface area contributed by atoms with Gasteiger partial charge in [0.05, 0.1) is 8.07 Å². The lowest BCUT2D eigenvalue weighted by Crippen LogP contribution is -2.45. The van der Waals surface area contributed by atoms with Crippen LogP contribution in [0.4, 0.5) is 0 Å². The molecule has 1 fully saturated rings. The number of ether oxygens (including phenoxy) is 1. The van der Waals surface area contributed by atoms with Crippen LogP contribution in [0.3, 0.4) is 0 Å². The van der Waals surface area contributed by atoms with E-state index in [9.17, 15) is 0 Å². The second-order valence-corrected chi connectivity index (χ2v) is 10.8. The third-order valence-electron chi connectivity index (χ3n) is 2.54. The SMILES string of the molecule is CN(C[Si](C)(C)C)C1CCOCC1. The quantitative estimate of drug-likeness (QED) is 0.647. The highest BCUT2D eigenvalue weighted by atomic mass is 28.3. The van der Waals surface area contributed by atoms with Gasteiger partial charge in [0.25, 0.3) is 0 Å². The van der Waals surface area contributed by atoms with Crippen molar-refractivity contribution in [1.82, 2.24) is 4.90 Å². The fourth-order valence-corrected chi connectivity index (χ4v) is 3.76. The van der Waals surface area contributed by atoms with Crippen molar-refractivity contribution in [2.45, 2.75) is 38.5 Å². The standard InChI is InChI=1S/C10H23NOSi/c1-11(9-13(2,3)4)10-5-7-12-8-6-10/h10H,5-9H2,1-4H3. The van der Waals surface area contributed by atoms with E-state index in [-0.39, 0.29) is 0 Å². The molecule has 1 aliphatic rings. The Morgan fingerprint density at radius 3 is 2.23 bits per heavy atom. The molecular formula is C10H23NOSi. The zero-order chi connectivity index (χ0) is 9.90. The summed E-state index contributed by atoms with van der Waals surface area (Å²) in [6.07, 6.45) is 3.76. The lowest BCUT2D eigenvalue weighted by molar-refractivity contribution is 0.0478. The van der Waals surface area contributed by atoms with Crippen LogP contribution in [-0.2, 0) is 4.74 Å². The second kappa shape index (κ2) is 4.58. The largest absolute Gasteiger partial charge is 0.381 e. The van der Waals surface area contributed by atoms with Gasteiger partial charge in [0, 0.05) is 19.3 Å². The Morgan fingerprint density at radius 2 is 1.77 bits per heavy atom. The van der Waals surface area contributed by atoms with Gasteiger partial charge in [-0.15, -0.1) is 0 Å². The molecule has 2 nitrogen and oxygen atoms in total. The van der Waals surface area contributed by atoms with Crippen molar-refractivity contribution >= 4 is 8.07 Å². The molecule has 0 aromatic heterocycles. The molecule has 0 spiro atoms. The summed E-state index contributed by atoms with van der Waals surface area (Å²) in [5, 5.41) is 0. The molecule has 0 aromatic rings. The van der Waals surface area contributed by atoms with Gasteiger partial charge in [0.1, 0.15) is 0 Å². The summed E-state index contributed by atoms with van der Waals surface area (Å²) < 4.78 is 5.36. The summed E-state index contributed by atoms with van der Waals surface area (Å²) in [6.45, 7) is 9.22. The minimum atomic E-state index is -0.919. The van der Waals surface area contributed by atoms with Crippen LogP contribution in [0.5, 0.6) is 0 Å². The van der Waals surface area contributed by atoms with Crippen molar-refractivity contribution in [2.75, 3.05) is 26.4 Å². The summed E-state index contributed by atoms with van der Waals surface area (Å²) in [7, 11) is 1.35. The van der Waals surface area contributed by atoms with Gasteiger partial charge in [-0.25, -0.2) is 0 Å². The molecule has 0 saturated carbocycles. The number of nitrogens with zero attached hydrogens (tertiary/aromatic N) is 1. The Balaban J connectivity index is 2.33. The fraction of sp³-hybridized carbons (Fsp3) is 1.00. The van der Waals surface area contributed by atoms with E-state index in [0.717, 1.165) is 19.3 Å². The Labute approximate surface area is 83.3 Å². The molecule has 1 aliphatic heterocycles. The lowest BCUT2D eigenvalue weighted by atomic mass is 10.1. The molecule has 0 amide bonds. The smallest absolute Gasteiger partial charge is 0.0599 e. The first-order valence-corrected chi connectivity index (χ1v) is 8.98. The molecule has 0 radical (unpaired) electrons. The van der Waals surface area contributed by atoms with E-state index >= 15 is 0 Å². The van der Waals surface area contributed by atoms with E-state index in [2.05, 4.69) is 31.6 Å². The van der Waals surface area contributed by atoms with Crippen molar-refractivity contribution < 1.29 is 4.74 Å². The van der Waals surface area contributed by atoms with Crippen molar-refractivity contribution in [1.29, 1.82) is 0 Å². The van der Waals surface area contributed by atoms with Gasteiger partial charge in [-0.05, 0) is 26.1 Å². The van der Waals surface area contributed by atoms with Crippen LogP contribution in [0, 0.1) is 0 Å². The monoisotopic (exact) mass is 201 g/mol. The molecule has 0 N–H and O–H groups in total. The average molecular weight is 201 g/mol. The molecular weight excluding hydrogens is 178 g/mol. The highest BCUT2D eigenvalue weighted by Crippen LogP contribution is 2.14. The van der Waals surface area contributed by atoms with Gasteiger partial charge in [0.15, 0.2) is 0 Å². The zero-order valence-corrected chi connectivity index (χ0v) is 10.5. The van der Waals surface area contributed by atoms with Crippen LogP contribution in [0.1, 0.15) is 12.8 Å². The molecule has 0 bridgehead atoms. The molecule has 1 rings (SSSR count). The number of hydrogen-bond donors (Lipinski definition) is 0. The highest BCUT2D eigenvalue weighted by Gasteiger charge is 2.23. The predicted octanol–water partition coefficient (Wildman–Crippen LogP) is 1.97. The molecule has 13 heavy (non-hydrogen) atoms. The summed E-state index contributed by atoms with van der Waals surface area (Å²) in [5.41, 5.74) is 0. The van der Waals surface area contributed by atoms with Gasteiger partial charge < -0.3 is 9.64 Å². The first-order valence-electron chi connectivity index (χ1n) is 5.27. The van der Waals surface area contributed by atoms with Crippen LogP contribution in [0.25, 0.3) is 0 Å². The van der Waals surface area contributed by atoms with Crippen LogP contribution in [0.2, 0.25) is 19.6 Å². The van der Waals surface area contributed by atoms with E-state index in [1.807, 2.05) is 0 Å².